The van der Waals surface area contributed by atoms with Gasteiger partial charge in [0.25, 0.3) is 0 Å². The van der Waals surface area contributed by atoms with Gasteiger partial charge in [-0.05, 0) is 31.0 Å². The predicted octanol–water partition coefficient (Wildman–Crippen LogP) is 2.55. The van der Waals surface area contributed by atoms with Crippen LogP contribution in [-0.4, -0.2) is 32.8 Å². The third kappa shape index (κ3) is 2.03. The zero-order chi connectivity index (χ0) is 14.2. The molecule has 1 aromatic carbocycles. The van der Waals surface area contributed by atoms with Crippen molar-refractivity contribution in [2.24, 2.45) is 0 Å². The van der Waals surface area contributed by atoms with Crippen molar-refractivity contribution < 1.29 is 4.39 Å². The summed E-state index contributed by atoms with van der Waals surface area (Å²) in [7, 11) is 0. The van der Waals surface area contributed by atoms with Gasteiger partial charge in [-0.1, -0.05) is 6.07 Å². The van der Waals surface area contributed by atoms with Crippen LogP contribution >= 0.6 is 0 Å². The Morgan fingerprint density at radius 2 is 1.95 bits per heavy atom. The van der Waals surface area contributed by atoms with E-state index >= 15 is 0 Å². The summed E-state index contributed by atoms with van der Waals surface area (Å²) in [6.07, 6.45) is 5.68. The molecule has 1 fully saturated rings. The molecule has 3 heterocycles. The minimum Gasteiger partial charge on any atom is -0.356 e. The highest BCUT2D eigenvalue weighted by molar-refractivity contribution is 5.87. The molecule has 3 aromatic rings. The van der Waals surface area contributed by atoms with Gasteiger partial charge in [-0.15, -0.1) is 0 Å². The molecular weight excluding hydrogens is 269 g/mol. The van der Waals surface area contributed by atoms with Gasteiger partial charge < -0.3 is 4.90 Å². The van der Waals surface area contributed by atoms with Crippen molar-refractivity contribution in [1.82, 2.24) is 19.7 Å². The smallest absolute Gasteiger partial charge is 0.168 e. The molecule has 0 aliphatic carbocycles. The second-order valence-electron chi connectivity index (χ2n) is 5.16. The highest BCUT2D eigenvalue weighted by Crippen LogP contribution is 2.27. The molecule has 4 rings (SSSR count). The van der Waals surface area contributed by atoms with Crippen LogP contribution in [0.2, 0.25) is 0 Å². The second kappa shape index (κ2) is 4.80. The molecule has 0 saturated carbocycles. The normalized spacial score (nSPS) is 15.0. The minimum atomic E-state index is -0.287. The van der Waals surface area contributed by atoms with Crippen molar-refractivity contribution >= 4 is 16.9 Å². The van der Waals surface area contributed by atoms with Gasteiger partial charge in [-0.2, -0.15) is 5.10 Å². The average molecular weight is 283 g/mol. The lowest BCUT2D eigenvalue weighted by atomic mass is 10.3. The Morgan fingerprint density at radius 3 is 2.76 bits per heavy atom. The molecule has 106 valence electrons. The lowest BCUT2D eigenvalue weighted by molar-refractivity contribution is 0.625. The summed E-state index contributed by atoms with van der Waals surface area (Å²) in [6, 6.07) is 6.35. The number of nitrogens with zero attached hydrogens (tertiary/aromatic N) is 5. The topological polar surface area (TPSA) is 46.8 Å². The van der Waals surface area contributed by atoms with Crippen LogP contribution in [-0.2, 0) is 0 Å². The summed E-state index contributed by atoms with van der Waals surface area (Å²) in [4.78, 5) is 11.0. The van der Waals surface area contributed by atoms with E-state index in [1.54, 1.807) is 23.3 Å². The zero-order valence-corrected chi connectivity index (χ0v) is 11.4. The Bertz CT molecular complexity index is 792. The fourth-order valence-corrected chi connectivity index (χ4v) is 2.81. The van der Waals surface area contributed by atoms with E-state index in [0.717, 1.165) is 24.3 Å². The first-order valence-electron chi connectivity index (χ1n) is 7.02. The lowest BCUT2D eigenvalue weighted by Gasteiger charge is -2.16. The number of rotatable bonds is 2. The maximum Gasteiger partial charge on any atom is 0.168 e. The Kier molecular flexibility index (Phi) is 2.80. The Labute approximate surface area is 121 Å². The molecule has 1 aliphatic rings. The van der Waals surface area contributed by atoms with E-state index in [2.05, 4.69) is 20.0 Å². The van der Waals surface area contributed by atoms with Crippen LogP contribution in [0.15, 0.2) is 36.8 Å². The Balaban J connectivity index is 1.87. The molecular formula is C15H14FN5. The maximum atomic E-state index is 13.4. The van der Waals surface area contributed by atoms with Crippen molar-refractivity contribution in [2.45, 2.75) is 12.8 Å². The van der Waals surface area contributed by atoms with Gasteiger partial charge in [-0.3, -0.25) is 0 Å². The van der Waals surface area contributed by atoms with Gasteiger partial charge in [0.2, 0.25) is 0 Å². The molecule has 1 saturated heterocycles. The Morgan fingerprint density at radius 1 is 1.10 bits per heavy atom. The van der Waals surface area contributed by atoms with Gasteiger partial charge in [0.05, 0.1) is 17.3 Å². The fourth-order valence-electron chi connectivity index (χ4n) is 2.81. The van der Waals surface area contributed by atoms with Gasteiger partial charge in [-0.25, -0.2) is 19.0 Å². The highest BCUT2D eigenvalue weighted by Gasteiger charge is 2.19. The van der Waals surface area contributed by atoms with Gasteiger partial charge in [0, 0.05) is 13.1 Å². The molecule has 0 amide bonds. The predicted molar refractivity (Wildman–Crippen MR) is 78.1 cm³/mol. The number of hydrogen-bond acceptors (Lipinski definition) is 4. The third-order valence-corrected chi connectivity index (χ3v) is 3.80. The van der Waals surface area contributed by atoms with Gasteiger partial charge in [0.15, 0.2) is 5.65 Å². The van der Waals surface area contributed by atoms with Crippen molar-refractivity contribution in [3.05, 3.63) is 42.6 Å². The molecule has 0 spiro atoms. The number of fused-ring (bicyclic) bond motifs is 1. The first-order chi connectivity index (χ1) is 10.3. The van der Waals surface area contributed by atoms with Crippen LogP contribution in [0.1, 0.15) is 12.8 Å². The van der Waals surface area contributed by atoms with E-state index in [0.29, 0.717) is 11.3 Å². The first-order valence-corrected chi connectivity index (χ1v) is 7.02. The number of hydrogen-bond donors (Lipinski definition) is 0. The molecule has 1 aliphatic heterocycles. The van der Waals surface area contributed by atoms with E-state index in [-0.39, 0.29) is 5.82 Å². The first kappa shape index (κ1) is 12.3. The minimum absolute atomic E-state index is 0.287. The largest absolute Gasteiger partial charge is 0.356 e. The SMILES string of the molecule is Fc1cccc(-n2ncc3c(N4CCCC4)ncnc32)c1. The molecule has 0 atom stereocenters. The third-order valence-electron chi connectivity index (χ3n) is 3.80. The molecule has 0 N–H and O–H groups in total. The van der Waals surface area contributed by atoms with Crippen LogP contribution in [0.5, 0.6) is 0 Å². The van der Waals surface area contributed by atoms with E-state index in [1.165, 1.54) is 25.0 Å². The van der Waals surface area contributed by atoms with Crippen LogP contribution in [0.25, 0.3) is 16.7 Å². The standard InChI is InChI=1S/C15H14FN5/c16-11-4-3-5-12(8-11)21-15-13(9-19-21)14(17-10-18-15)20-6-1-2-7-20/h3-5,8-10H,1-2,6-7H2. The monoisotopic (exact) mass is 283 g/mol. The fraction of sp³-hybridized carbons (Fsp3) is 0.267. The van der Waals surface area contributed by atoms with Crippen LogP contribution < -0.4 is 4.90 Å². The molecule has 0 radical (unpaired) electrons. The van der Waals surface area contributed by atoms with Crippen LogP contribution in [0, 0.1) is 5.82 Å². The highest BCUT2D eigenvalue weighted by atomic mass is 19.1. The number of anilines is 1. The van der Waals surface area contributed by atoms with Crippen molar-refractivity contribution in [2.75, 3.05) is 18.0 Å². The summed E-state index contributed by atoms with van der Waals surface area (Å²) in [5.74, 6) is 0.630. The quantitative estimate of drug-likeness (QED) is 0.725. The summed E-state index contributed by atoms with van der Waals surface area (Å²) >= 11 is 0. The summed E-state index contributed by atoms with van der Waals surface area (Å²) < 4.78 is 15.1. The molecule has 21 heavy (non-hydrogen) atoms. The molecule has 6 heteroatoms. The van der Waals surface area contributed by atoms with Crippen LogP contribution in [0.3, 0.4) is 0 Å². The van der Waals surface area contributed by atoms with Crippen molar-refractivity contribution in [3.63, 3.8) is 0 Å². The van der Waals surface area contributed by atoms with E-state index in [4.69, 9.17) is 0 Å². The van der Waals surface area contributed by atoms with E-state index in [1.807, 2.05) is 6.07 Å². The van der Waals surface area contributed by atoms with Crippen molar-refractivity contribution in [1.29, 1.82) is 0 Å². The molecule has 0 bridgehead atoms. The second-order valence-corrected chi connectivity index (χ2v) is 5.16. The average Bonchev–Trinajstić information content (AvgIpc) is 3.16. The van der Waals surface area contributed by atoms with Crippen LogP contribution in [0.4, 0.5) is 10.2 Å². The zero-order valence-electron chi connectivity index (χ0n) is 11.4. The summed E-state index contributed by atoms with van der Waals surface area (Å²) in [6.45, 7) is 2.02. The molecule has 5 nitrogen and oxygen atoms in total. The number of benzene rings is 1. The maximum absolute atomic E-state index is 13.4. The van der Waals surface area contributed by atoms with E-state index in [9.17, 15) is 4.39 Å². The molecule has 0 unspecified atom stereocenters. The Hall–Kier alpha value is -2.50. The van der Waals surface area contributed by atoms with Gasteiger partial charge in [0.1, 0.15) is 18.0 Å². The molecule has 2 aromatic heterocycles. The lowest BCUT2D eigenvalue weighted by Crippen LogP contribution is -2.19. The van der Waals surface area contributed by atoms with Gasteiger partial charge >= 0.3 is 0 Å². The van der Waals surface area contributed by atoms with E-state index < -0.39 is 0 Å². The summed E-state index contributed by atoms with van der Waals surface area (Å²) in [5.41, 5.74) is 1.37. The summed E-state index contributed by atoms with van der Waals surface area (Å²) in [5, 5.41) is 5.27. The number of halogens is 1. The number of aromatic nitrogens is 4. The van der Waals surface area contributed by atoms with Crippen molar-refractivity contribution in [3.8, 4) is 5.69 Å².